The molecule has 0 saturated heterocycles. The molecule has 3 aromatic carbocycles. The number of anilines is 3. The molecule has 0 fully saturated rings. The first kappa shape index (κ1) is 30.5. The van der Waals surface area contributed by atoms with Gasteiger partial charge in [-0.2, -0.15) is 46.4 Å². The lowest BCUT2D eigenvalue weighted by Crippen LogP contribution is -2.46. The van der Waals surface area contributed by atoms with Gasteiger partial charge in [0.2, 0.25) is 5.95 Å². The number of nitrogens with one attached hydrogen (secondary N) is 2. The van der Waals surface area contributed by atoms with Gasteiger partial charge in [0, 0.05) is 17.8 Å². The largest absolute Gasteiger partial charge is 0.489 e. The molecular formula is C26H19F6N7O4. The standard InChI is InChI=1S/C26H19F6N7O4/c27-25(28,29)21(26(30,31)32)43-24-36-22(34-18-8-10-19(11-9-18)39(40)41)35-23(37-24)38-33-14-16-6-12-20(13-7-16)42-15-17-4-2-1-3-5-17/h1-14,21H,15H2,(H2,34,35,36,37,38)/b33-14-. The third kappa shape index (κ3) is 9.00. The minimum atomic E-state index is -5.83. The van der Waals surface area contributed by atoms with E-state index in [9.17, 15) is 36.5 Å². The number of halogens is 6. The number of nitro groups is 1. The molecule has 0 saturated carbocycles. The van der Waals surface area contributed by atoms with E-state index < -0.39 is 41.3 Å². The fourth-order valence-corrected chi connectivity index (χ4v) is 3.29. The van der Waals surface area contributed by atoms with Crippen LogP contribution in [-0.2, 0) is 6.61 Å². The van der Waals surface area contributed by atoms with E-state index in [0.29, 0.717) is 17.9 Å². The molecule has 0 aliphatic heterocycles. The maximum atomic E-state index is 13.1. The van der Waals surface area contributed by atoms with Gasteiger partial charge < -0.3 is 14.8 Å². The van der Waals surface area contributed by atoms with Gasteiger partial charge >= 0.3 is 18.4 Å². The van der Waals surface area contributed by atoms with Crippen LogP contribution in [0.15, 0.2) is 84.0 Å². The number of rotatable bonds is 11. The summed E-state index contributed by atoms with van der Waals surface area (Å²) >= 11 is 0. The van der Waals surface area contributed by atoms with Crippen molar-refractivity contribution in [1.82, 2.24) is 15.0 Å². The van der Waals surface area contributed by atoms with Crippen LogP contribution in [0.25, 0.3) is 0 Å². The van der Waals surface area contributed by atoms with E-state index in [0.717, 1.165) is 17.7 Å². The van der Waals surface area contributed by atoms with E-state index in [1.165, 1.54) is 18.3 Å². The molecule has 17 heteroatoms. The molecule has 43 heavy (non-hydrogen) atoms. The normalized spacial score (nSPS) is 11.9. The molecule has 4 rings (SSSR count). The number of hydrogen-bond donors (Lipinski definition) is 2. The molecule has 1 heterocycles. The third-order valence-corrected chi connectivity index (χ3v) is 5.27. The number of non-ortho nitro benzene ring substituents is 1. The summed E-state index contributed by atoms with van der Waals surface area (Å²) in [4.78, 5) is 21.0. The number of aromatic nitrogens is 3. The van der Waals surface area contributed by atoms with Crippen LogP contribution < -0.4 is 20.2 Å². The Kier molecular flexibility index (Phi) is 9.22. The number of alkyl halides is 6. The van der Waals surface area contributed by atoms with E-state index in [4.69, 9.17) is 4.74 Å². The van der Waals surface area contributed by atoms with E-state index in [1.54, 1.807) is 24.3 Å². The Morgan fingerprint density at radius 2 is 1.49 bits per heavy atom. The second-order valence-corrected chi connectivity index (χ2v) is 8.49. The summed E-state index contributed by atoms with van der Waals surface area (Å²) in [5.74, 6) is -0.546. The second kappa shape index (κ2) is 13.0. The summed E-state index contributed by atoms with van der Waals surface area (Å²) < 4.78 is 88.2. The zero-order valence-corrected chi connectivity index (χ0v) is 21.5. The van der Waals surface area contributed by atoms with E-state index in [-0.39, 0.29) is 11.4 Å². The highest BCUT2D eigenvalue weighted by Gasteiger charge is 2.59. The van der Waals surface area contributed by atoms with E-state index in [1.807, 2.05) is 30.3 Å². The van der Waals surface area contributed by atoms with Crippen molar-refractivity contribution in [3.8, 4) is 11.8 Å². The Balaban J connectivity index is 1.51. The van der Waals surface area contributed by atoms with Crippen molar-refractivity contribution in [2.24, 2.45) is 5.10 Å². The van der Waals surface area contributed by atoms with E-state index in [2.05, 4.69) is 35.5 Å². The number of benzene rings is 3. The summed E-state index contributed by atoms with van der Waals surface area (Å²) in [6.45, 7) is 0.347. The lowest BCUT2D eigenvalue weighted by Gasteiger charge is -2.22. The van der Waals surface area contributed by atoms with Crippen LogP contribution in [0.4, 0.5) is 49.6 Å². The molecule has 0 aliphatic rings. The first-order valence-electron chi connectivity index (χ1n) is 12.0. The van der Waals surface area contributed by atoms with Gasteiger partial charge in [0.15, 0.2) is 0 Å². The topological polar surface area (TPSA) is 137 Å². The molecule has 2 N–H and O–H groups in total. The molecule has 224 valence electrons. The SMILES string of the molecule is O=[N+]([O-])c1ccc(Nc2nc(N/N=C\c3ccc(OCc4ccccc4)cc3)nc(OC(C(F)(F)F)C(F)(F)F)n2)cc1. The number of hydrazone groups is 1. The monoisotopic (exact) mass is 607 g/mol. The first-order valence-corrected chi connectivity index (χ1v) is 12.0. The third-order valence-electron chi connectivity index (χ3n) is 5.27. The predicted octanol–water partition coefficient (Wildman–Crippen LogP) is 6.42. The molecule has 0 amide bonds. The number of ether oxygens (including phenoxy) is 2. The summed E-state index contributed by atoms with van der Waals surface area (Å²) in [5.41, 5.74) is 3.67. The minimum Gasteiger partial charge on any atom is -0.489 e. The van der Waals surface area contributed by atoms with Crippen molar-refractivity contribution < 1.29 is 40.7 Å². The molecular weight excluding hydrogens is 588 g/mol. The van der Waals surface area contributed by atoms with Gasteiger partial charge in [0.05, 0.1) is 11.1 Å². The van der Waals surface area contributed by atoms with Gasteiger partial charge in [0.25, 0.3) is 17.7 Å². The molecule has 0 aliphatic carbocycles. The lowest BCUT2D eigenvalue weighted by molar-refractivity contribution is -0.384. The summed E-state index contributed by atoms with van der Waals surface area (Å²) in [5, 5.41) is 17.2. The number of hydrogen-bond acceptors (Lipinski definition) is 10. The molecule has 0 atom stereocenters. The van der Waals surface area contributed by atoms with Gasteiger partial charge in [-0.25, -0.2) is 5.43 Å². The molecule has 11 nitrogen and oxygen atoms in total. The zero-order valence-electron chi connectivity index (χ0n) is 21.5. The van der Waals surface area contributed by atoms with Gasteiger partial charge in [-0.1, -0.05) is 30.3 Å². The average Bonchev–Trinajstić information content (AvgIpc) is 2.95. The molecule has 4 aromatic rings. The average molecular weight is 607 g/mol. The lowest BCUT2D eigenvalue weighted by atomic mass is 10.2. The van der Waals surface area contributed by atoms with Crippen LogP contribution in [-0.4, -0.2) is 44.5 Å². The van der Waals surface area contributed by atoms with Crippen LogP contribution in [0.3, 0.4) is 0 Å². The fraction of sp³-hybridized carbons (Fsp3) is 0.154. The van der Waals surface area contributed by atoms with Crippen molar-refractivity contribution in [3.63, 3.8) is 0 Å². The Morgan fingerprint density at radius 1 is 0.860 bits per heavy atom. The second-order valence-electron chi connectivity index (χ2n) is 8.49. The van der Waals surface area contributed by atoms with Crippen molar-refractivity contribution >= 4 is 29.5 Å². The van der Waals surface area contributed by atoms with Crippen LogP contribution in [0, 0.1) is 10.1 Å². The highest BCUT2D eigenvalue weighted by Crippen LogP contribution is 2.36. The van der Waals surface area contributed by atoms with Crippen LogP contribution in [0.5, 0.6) is 11.8 Å². The van der Waals surface area contributed by atoms with Gasteiger partial charge in [-0.05, 0) is 47.5 Å². The Labute approximate surface area is 238 Å². The summed E-state index contributed by atoms with van der Waals surface area (Å²) in [7, 11) is 0. The highest BCUT2D eigenvalue weighted by molar-refractivity contribution is 5.80. The zero-order chi connectivity index (χ0) is 31.0. The predicted molar refractivity (Wildman–Crippen MR) is 141 cm³/mol. The fourth-order valence-electron chi connectivity index (χ4n) is 3.29. The van der Waals surface area contributed by atoms with Crippen molar-refractivity contribution in [3.05, 3.63) is 100 Å². The molecule has 0 bridgehead atoms. The Hall–Kier alpha value is -5.48. The van der Waals surface area contributed by atoms with Crippen LogP contribution in [0.2, 0.25) is 0 Å². The van der Waals surface area contributed by atoms with Gasteiger partial charge in [-0.15, -0.1) is 0 Å². The van der Waals surface area contributed by atoms with E-state index >= 15 is 0 Å². The van der Waals surface area contributed by atoms with Gasteiger partial charge in [0.1, 0.15) is 12.4 Å². The Morgan fingerprint density at radius 3 is 2.09 bits per heavy atom. The maximum Gasteiger partial charge on any atom is 0.434 e. The number of nitrogens with zero attached hydrogens (tertiary/aromatic N) is 5. The summed E-state index contributed by atoms with van der Waals surface area (Å²) in [6, 6.07) is 19.4. The maximum absolute atomic E-state index is 13.1. The molecule has 0 unspecified atom stereocenters. The first-order chi connectivity index (χ1) is 20.4. The molecule has 0 spiro atoms. The molecule has 1 aromatic heterocycles. The summed E-state index contributed by atoms with van der Waals surface area (Å²) in [6.07, 6.45) is -14.6. The van der Waals surface area contributed by atoms with Crippen molar-refractivity contribution in [2.75, 3.05) is 10.7 Å². The Bertz CT molecular complexity index is 1540. The van der Waals surface area contributed by atoms with Gasteiger partial charge in [-0.3, -0.25) is 10.1 Å². The molecule has 0 radical (unpaired) electrons. The number of nitro benzene ring substituents is 1. The quantitative estimate of drug-likeness (QED) is 0.0857. The van der Waals surface area contributed by atoms with Crippen LogP contribution in [0.1, 0.15) is 11.1 Å². The highest BCUT2D eigenvalue weighted by atomic mass is 19.4. The van der Waals surface area contributed by atoms with Crippen LogP contribution >= 0.6 is 0 Å². The van der Waals surface area contributed by atoms with Crippen molar-refractivity contribution in [2.45, 2.75) is 25.1 Å². The minimum absolute atomic E-state index is 0.120. The van der Waals surface area contributed by atoms with Crippen molar-refractivity contribution in [1.29, 1.82) is 0 Å². The smallest absolute Gasteiger partial charge is 0.434 e.